The lowest BCUT2D eigenvalue weighted by Crippen LogP contribution is -2.72. The van der Waals surface area contributed by atoms with E-state index in [0.717, 1.165) is 6.42 Å². The molecule has 0 aliphatic heterocycles. The van der Waals surface area contributed by atoms with E-state index >= 15 is 0 Å². The summed E-state index contributed by atoms with van der Waals surface area (Å²) in [5, 5.41) is 0. The molecule has 22 heavy (non-hydrogen) atoms. The summed E-state index contributed by atoms with van der Waals surface area (Å²) in [5.41, 5.74) is 0.204. The van der Waals surface area contributed by atoms with Crippen molar-refractivity contribution in [1.29, 1.82) is 0 Å². The molecule has 0 bridgehead atoms. The first-order chi connectivity index (χ1) is 10.2. The lowest BCUT2D eigenvalue weighted by atomic mass is 10.5. The second kappa shape index (κ2) is 9.83. The van der Waals surface area contributed by atoms with Gasteiger partial charge in [0.1, 0.15) is 16.5 Å². The molecule has 7 heteroatoms. The van der Waals surface area contributed by atoms with Crippen molar-refractivity contribution >= 4 is 55.7 Å². The zero-order chi connectivity index (χ0) is 17.6. The van der Waals surface area contributed by atoms with Crippen LogP contribution in [0.1, 0.15) is 54.9 Å². The highest BCUT2D eigenvalue weighted by molar-refractivity contribution is 7.65. The quantitative estimate of drug-likeness (QED) is 0.251. The standard InChI is InChI=1S/C15H36Cl3NSi3/c1-8-15(22(16,17)18)19(20(9-2,10-3)11-4)21(12-5,13-6)14-7/h15H,8-14H2,1-7H3. The Morgan fingerprint density at radius 2 is 0.909 bits per heavy atom. The summed E-state index contributed by atoms with van der Waals surface area (Å²) < 4.78 is 2.96. The number of rotatable bonds is 11. The maximum atomic E-state index is 6.62. The third kappa shape index (κ3) is 4.77. The Kier molecular flexibility index (Phi) is 10.5. The van der Waals surface area contributed by atoms with Crippen LogP contribution in [0.25, 0.3) is 0 Å². The summed E-state index contributed by atoms with van der Waals surface area (Å²) in [6.07, 6.45) is 0.978. The molecule has 0 aromatic heterocycles. The smallest absolute Gasteiger partial charge is 0.342 e. The molecule has 0 saturated heterocycles. The molecule has 0 aliphatic rings. The van der Waals surface area contributed by atoms with Gasteiger partial charge in [0.2, 0.25) is 0 Å². The van der Waals surface area contributed by atoms with Gasteiger partial charge in [0, 0.05) is 5.67 Å². The highest BCUT2D eigenvalue weighted by Crippen LogP contribution is 2.43. The van der Waals surface area contributed by atoms with E-state index in [9.17, 15) is 0 Å². The van der Waals surface area contributed by atoms with Crippen LogP contribution >= 0.6 is 33.2 Å². The van der Waals surface area contributed by atoms with Gasteiger partial charge in [-0.3, -0.25) is 0 Å². The summed E-state index contributed by atoms with van der Waals surface area (Å²) in [6, 6.07) is 4.91. The monoisotopic (exact) mass is 419 g/mol. The molecule has 0 aliphatic carbocycles. The van der Waals surface area contributed by atoms with Gasteiger partial charge in [-0.05, 0) is 42.7 Å². The van der Waals surface area contributed by atoms with E-state index < -0.39 is 22.5 Å². The van der Waals surface area contributed by atoms with E-state index in [4.69, 9.17) is 33.2 Å². The zero-order valence-corrected chi connectivity index (χ0v) is 20.9. The van der Waals surface area contributed by atoms with Gasteiger partial charge in [-0.25, -0.2) is 0 Å². The second-order valence-corrected chi connectivity index (χ2v) is 25.8. The minimum absolute atomic E-state index is 0.204. The van der Waals surface area contributed by atoms with Crippen LogP contribution in [0.4, 0.5) is 0 Å². The maximum absolute atomic E-state index is 6.62. The minimum Gasteiger partial charge on any atom is -0.342 e. The van der Waals surface area contributed by atoms with Crippen LogP contribution < -0.4 is 0 Å². The summed E-state index contributed by atoms with van der Waals surface area (Å²) in [4.78, 5) is 0. The van der Waals surface area contributed by atoms with Gasteiger partial charge in [0.05, 0.1) is 0 Å². The van der Waals surface area contributed by atoms with Crippen LogP contribution in [0, 0.1) is 0 Å². The molecular formula is C15H36Cl3NSi3. The molecule has 0 N–H and O–H groups in total. The van der Waals surface area contributed by atoms with Crippen molar-refractivity contribution in [3.63, 3.8) is 0 Å². The SMILES string of the molecule is CCC(N([Si](CC)(CC)CC)[Si](CC)(CC)CC)[Si](Cl)(Cl)Cl. The summed E-state index contributed by atoms with van der Waals surface area (Å²) in [7, 11) is -3.13. The predicted molar refractivity (Wildman–Crippen MR) is 114 cm³/mol. The van der Waals surface area contributed by atoms with Crippen molar-refractivity contribution in [3.05, 3.63) is 0 Å². The average Bonchev–Trinajstić information content (AvgIpc) is 2.50. The molecular weight excluding hydrogens is 385 g/mol. The molecule has 0 rings (SSSR count). The first kappa shape index (κ1) is 23.5. The molecule has 0 aromatic rings. The first-order valence-electron chi connectivity index (χ1n) is 9.04. The van der Waals surface area contributed by atoms with E-state index in [0.29, 0.717) is 0 Å². The average molecular weight is 421 g/mol. The summed E-state index contributed by atoms with van der Waals surface area (Å²) >= 11 is 19.9. The number of hydrogen-bond acceptors (Lipinski definition) is 1. The molecule has 0 spiro atoms. The fourth-order valence-corrected chi connectivity index (χ4v) is 25.2. The predicted octanol–water partition coefficient (Wildman–Crippen LogP) is 7.27. The zero-order valence-electron chi connectivity index (χ0n) is 15.6. The molecule has 0 amide bonds. The van der Waals surface area contributed by atoms with Crippen molar-refractivity contribution < 1.29 is 0 Å². The summed E-state index contributed by atoms with van der Waals surface area (Å²) in [5.74, 6) is 0. The Morgan fingerprint density at radius 3 is 1.05 bits per heavy atom. The van der Waals surface area contributed by atoms with E-state index in [1.54, 1.807) is 0 Å². The Labute approximate surface area is 156 Å². The maximum Gasteiger partial charge on any atom is 0.356 e. The lowest BCUT2D eigenvalue weighted by molar-refractivity contribution is 0.512. The van der Waals surface area contributed by atoms with Crippen molar-refractivity contribution in [2.24, 2.45) is 0 Å². The Morgan fingerprint density at radius 1 is 0.636 bits per heavy atom. The van der Waals surface area contributed by atoms with Crippen LogP contribution in [0.2, 0.25) is 36.3 Å². The largest absolute Gasteiger partial charge is 0.356 e. The van der Waals surface area contributed by atoms with Crippen molar-refractivity contribution in [3.8, 4) is 0 Å². The van der Waals surface area contributed by atoms with Gasteiger partial charge in [-0.1, -0.05) is 48.5 Å². The third-order valence-corrected chi connectivity index (χ3v) is 23.7. The van der Waals surface area contributed by atoms with E-state index in [2.05, 4.69) is 52.7 Å². The molecule has 0 aromatic carbocycles. The molecule has 1 atom stereocenters. The number of hydrogen-bond donors (Lipinski definition) is 0. The summed E-state index contributed by atoms with van der Waals surface area (Å²) in [6.45, 7) is 16.5. The molecule has 1 unspecified atom stereocenters. The van der Waals surface area contributed by atoms with Crippen LogP contribution in [-0.4, -0.2) is 32.4 Å². The van der Waals surface area contributed by atoms with Crippen LogP contribution in [0.3, 0.4) is 0 Å². The Bertz CT molecular complexity index is 279. The van der Waals surface area contributed by atoms with Gasteiger partial charge < -0.3 is 4.23 Å². The molecule has 0 fully saturated rings. The van der Waals surface area contributed by atoms with Crippen LogP contribution in [-0.2, 0) is 0 Å². The number of halogens is 3. The molecule has 134 valence electrons. The number of nitrogens with zero attached hydrogens (tertiary/aromatic N) is 1. The van der Waals surface area contributed by atoms with E-state index in [1.807, 2.05) is 0 Å². The third-order valence-electron chi connectivity index (χ3n) is 6.05. The second-order valence-electron chi connectivity index (χ2n) is 6.41. The molecule has 0 radical (unpaired) electrons. The Hall–Kier alpha value is 1.48. The van der Waals surface area contributed by atoms with Gasteiger partial charge in [0.15, 0.2) is 0 Å². The molecule has 0 saturated carbocycles. The fraction of sp³-hybridized carbons (Fsp3) is 1.00. The van der Waals surface area contributed by atoms with Crippen LogP contribution in [0.5, 0.6) is 0 Å². The molecule has 0 heterocycles. The minimum atomic E-state index is -2.75. The highest BCUT2D eigenvalue weighted by atomic mass is 35.8. The van der Waals surface area contributed by atoms with E-state index in [1.165, 1.54) is 36.3 Å². The van der Waals surface area contributed by atoms with Gasteiger partial charge >= 0.3 is 6.00 Å². The first-order valence-corrected chi connectivity index (χ1v) is 19.3. The van der Waals surface area contributed by atoms with Crippen molar-refractivity contribution in [2.75, 3.05) is 0 Å². The lowest BCUT2D eigenvalue weighted by Gasteiger charge is -2.56. The van der Waals surface area contributed by atoms with Gasteiger partial charge in [-0.2, -0.15) is 0 Å². The van der Waals surface area contributed by atoms with Gasteiger partial charge in [-0.15, -0.1) is 33.2 Å². The normalized spacial score (nSPS) is 15.4. The topological polar surface area (TPSA) is 3.24 Å². The van der Waals surface area contributed by atoms with Crippen molar-refractivity contribution in [2.45, 2.75) is 96.8 Å². The molecule has 1 nitrogen and oxygen atoms in total. The van der Waals surface area contributed by atoms with E-state index in [-0.39, 0.29) is 5.67 Å². The van der Waals surface area contributed by atoms with Gasteiger partial charge in [0.25, 0.3) is 0 Å². The Balaban J connectivity index is 6.30. The van der Waals surface area contributed by atoms with Crippen LogP contribution in [0.15, 0.2) is 0 Å². The highest BCUT2D eigenvalue weighted by Gasteiger charge is 2.54. The fourth-order valence-electron chi connectivity index (χ4n) is 4.25. The van der Waals surface area contributed by atoms with Crippen molar-refractivity contribution in [1.82, 2.24) is 4.23 Å².